The Kier molecular flexibility index (Phi) is 6.99. The van der Waals surface area contributed by atoms with Gasteiger partial charge in [-0.15, -0.1) is 0 Å². The normalized spacial score (nSPS) is 19.5. The van der Waals surface area contributed by atoms with E-state index < -0.39 is 0 Å². The van der Waals surface area contributed by atoms with Gasteiger partial charge in [0.05, 0.1) is 6.04 Å². The fraction of sp³-hybridized carbons (Fsp3) is 0.385. The monoisotopic (exact) mass is 447 g/mol. The van der Waals surface area contributed by atoms with Crippen LogP contribution in [0.2, 0.25) is 0 Å². The first kappa shape index (κ1) is 22.9. The van der Waals surface area contributed by atoms with Gasteiger partial charge < -0.3 is 4.90 Å². The van der Waals surface area contributed by atoms with Crippen LogP contribution < -0.4 is 10.2 Å². The smallest absolute Gasteiger partial charge is 0.243 e. The minimum Gasteiger partial charge on any atom is -0.371 e. The molecule has 0 spiro atoms. The van der Waals surface area contributed by atoms with Gasteiger partial charge in [-0.2, -0.15) is 0 Å². The van der Waals surface area contributed by atoms with E-state index in [2.05, 4.69) is 10.2 Å². The molecule has 2 amide bonds. The van der Waals surface area contributed by atoms with Crippen LogP contribution in [0.3, 0.4) is 0 Å². The number of hydrogen-bond donors (Lipinski definition) is 1. The number of nitrogens with one attached hydrogen (secondary N) is 1. The average Bonchev–Trinajstić information content (AvgIpc) is 2.84. The fourth-order valence-electron chi connectivity index (χ4n) is 4.84. The van der Waals surface area contributed by atoms with Crippen LogP contribution in [0.1, 0.15) is 63.4 Å². The van der Waals surface area contributed by atoms with E-state index in [4.69, 9.17) is 0 Å². The lowest BCUT2D eigenvalue weighted by atomic mass is 9.88. The minimum absolute atomic E-state index is 0.233. The minimum atomic E-state index is -0.382. The number of amides is 2. The van der Waals surface area contributed by atoms with Gasteiger partial charge in [-0.3, -0.25) is 29.4 Å². The summed E-state index contributed by atoms with van der Waals surface area (Å²) in [5.41, 5.74) is 4.52. The van der Waals surface area contributed by atoms with Crippen molar-refractivity contribution < 1.29 is 19.2 Å². The molecule has 2 aromatic carbocycles. The van der Waals surface area contributed by atoms with Gasteiger partial charge in [-0.05, 0) is 61.6 Å². The molecule has 0 bridgehead atoms. The van der Waals surface area contributed by atoms with E-state index >= 15 is 0 Å². The van der Waals surface area contributed by atoms with E-state index in [0.29, 0.717) is 36.4 Å². The molecule has 2 fully saturated rings. The Morgan fingerprint density at radius 3 is 2.36 bits per heavy atom. The zero-order valence-electron chi connectivity index (χ0n) is 18.8. The van der Waals surface area contributed by atoms with Crippen molar-refractivity contribution in [3.05, 3.63) is 64.7 Å². The number of rotatable bonds is 7. The summed E-state index contributed by atoms with van der Waals surface area (Å²) < 4.78 is 0. The Morgan fingerprint density at radius 1 is 1.00 bits per heavy atom. The van der Waals surface area contributed by atoms with Gasteiger partial charge in [0, 0.05) is 42.9 Å². The van der Waals surface area contributed by atoms with Crippen molar-refractivity contribution in [1.82, 2.24) is 10.2 Å². The maximum atomic E-state index is 12.2. The predicted molar refractivity (Wildman–Crippen MR) is 125 cm³/mol. The van der Waals surface area contributed by atoms with Gasteiger partial charge in [0.1, 0.15) is 12.6 Å². The molecular weight excluding hydrogens is 418 g/mol. The summed E-state index contributed by atoms with van der Waals surface area (Å²) in [5, 5.41) is 2.40. The van der Waals surface area contributed by atoms with Crippen LogP contribution in [0.4, 0.5) is 5.69 Å². The van der Waals surface area contributed by atoms with Gasteiger partial charge in [0.15, 0.2) is 0 Å². The highest BCUT2D eigenvalue weighted by atomic mass is 16.2. The molecule has 1 N–H and O–H groups in total. The molecule has 1 atom stereocenters. The number of carbonyl (C=O) groups excluding carboxylic acids is 4. The second-order valence-corrected chi connectivity index (χ2v) is 8.93. The second kappa shape index (κ2) is 10.1. The number of piperidine rings is 2. The van der Waals surface area contributed by atoms with Crippen LogP contribution in [-0.2, 0) is 16.1 Å². The van der Waals surface area contributed by atoms with E-state index in [1.165, 1.54) is 5.56 Å². The molecular formula is C26H29N3O4. The molecule has 172 valence electrons. The van der Waals surface area contributed by atoms with E-state index in [1.54, 1.807) is 0 Å². The summed E-state index contributed by atoms with van der Waals surface area (Å²) in [7, 11) is 1.85. The average molecular weight is 448 g/mol. The van der Waals surface area contributed by atoms with Gasteiger partial charge in [-0.1, -0.05) is 24.3 Å². The molecule has 4 rings (SSSR count). The third-order valence-corrected chi connectivity index (χ3v) is 6.82. The highest BCUT2D eigenvalue weighted by Crippen LogP contribution is 2.31. The largest absolute Gasteiger partial charge is 0.371 e. The van der Waals surface area contributed by atoms with Crippen LogP contribution in [0, 0.1) is 0 Å². The van der Waals surface area contributed by atoms with E-state index in [-0.39, 0.29) is 17.9 Å². The Morgan fingerprint density at radius 2 is 1.73 bits per heavy atom. The van der Waals surface area contributed by atoms with Crippen LogP contribution in [-0.4, -0.2) is 55.5 Å². The van der Waals surface area contributed by atoms with Gasteiger partial charge in [0.2, 0.25) is 11.8 Å². The zero-order valence-corrected chi connectivity index (χ0v) is 18.8. The number of benzene rings is 2. The summed E-state index contributed by atoms with van der Waals surface area (Å²) in [5.74, 6) is -0.0431. The molecule has 2 heterocycles. The van der Waals surface area contributed by atoms with Crippen LogP contribution in [0.5, 0.6) is 0 Å². The van der Waals surface area contributed by atoms with Crippen molar-refractivity contribution in [1.29, 1.82) is 0 Å². The summed E-state index contributed by atoms with van der Waals surface area (Å²) in [6, 6.07) is 13.3. The number of anilines is 1. The van der Waals surface area contributed by atoms with E-state index in [0.717, 1.165) is 49.8 Å². The Balaban J connectivity index is 1.43. The van der Waals surface area contributed by atoms with Crippen LogP contribution in [0.15, 0.2) is 42.5 Å². The van der Waals surface area contributed by atoms with Crippen molar-refractivity contribution in [2.75, 3.05) is 25.0 Å². The third kappa shape index (κ3) is 5.20. The lowest BCUT2D eigenvalue weighted by Gasteiger charge is -2.34. The van der Waals surface area contributed by atoms with Crippen molar-refractivity contribution in [3.8, 4) is 0 Å². The van der Waals surface area contributed by atoms with Crippen molar-refractivity contribution >= 4 is 30.1 Å². The van der Waals surface area contributed by atoms with E-state index in [1.807, 2.05) is 54.4 Å². The SMILES string of the molecule is CN(Cc1cc(N2CCC(c3ccc(C=O)cc3)CC2)ccc1C=O)C1CCC(=O)NC1=O. The maximum Gasteiger partial charge on any atom is 0.243 e. The lowest BCUT2D eigenvalue weighted by Crippen LogP contribution is -2.51. The van der Waals surface area contributed by atoms with Gasteiger partial charge >= 0.3 is 0 Å². The first-order chi connectivity index (χ1) is 16.0. The second-order valence-electron chi connectivity index (χ2n) is 8.93. The predicted octanol–water partition coefficient (Wildman–Crippen LogP) is 2.93. The summed E-state index contributed by atoms with van der Waals surface area (Å²) in [4.78, 5) is 50.4. The van der Waals surface area contributed by atoms with Crippen LogP contribution >= 0.6 is 0 Å². The molecule has 33 heavy (non-hydrogen) atoms. The number of aldehydes is 2. The molecule has 2 saturated heterocycles. The first-order valence-electron chi connectivity index (χ1n) is 11.4. The van der Waals surface area contributed by atoms with E-state index in [9.17, 15) is 19.2 Å². The maximum absolute atomic E-state index is 12.2. The van der Waals surface area contributed by atoms with Crippen LogP contribution in [0.25, 0.3) is 0 Å². The molecule has 0 radical (unpaired) electrons. The molecule has 0 aliphatic carbocycles. The highest BCUT2D eigenvalue weighted by molar-refractivity contribution is 6.00. The fourth-order valence-corrected chi connectivity index (χ4v) is 4.84. The Bertz CT molecular complexity index is 1040. The number of carbonyl (C=O) groups is 4. The number of imide groups is 1. The van der Waals surface area contributed by atoms with Crippen molar-refractivity contribution in [2.24, 2.45) is 0 Å². The molecule has 2 aliphatic heterocycles. The van der Waals surface area contributed by atoms with Crippen molar-refractivity contribution in [3.63, 3.8) is 0 Å². The first-order valence-corrected chi connectivity index (χ1v) is 11.4. The molecule has 7 heteroatoms. The Hall–Kier alpha value is -3.32. The highest BCUT2D eigenvalue weighted by Gasteiger charge is 2.30. The molecule has 7 nitrogen and oxygen atoms in total. The quantitative estimate of drug-likeness (QED) is 0.519. The standard InChI is InChI=1S/C26H29N3O4/c1-28(24-8-9-25(32)27-26(24)33)15-22-14-23(7-6-21(22)17-31)29-12-10-20(11-13-29)19-4-2-18(16-30)3-5-19/h2-7,14,16-17,20,24H,8-13,15H2,1H3,(H,27,32,33). The number of likely N-dealkylation sites (N-methyl/N-ethyl adjacent to an activating group) is 1. The third-order valence-electron chi connectivity index (χ3n) is 6.82. The Labute approximate surface area is 193 Å². The zero-order chi connectivity index (χ0) is 23.4. The molecule has 2 aliphatic rings. The topological polar surface area (TPSA) is 86.8 Å². The number of nitrogens with zero attached hydrogens (tertiary/aromatic N) is 2. The molecule has 1 unspecified atom stereocenters. The molecule has 2 aromatic rings. The summed E-state index contributed by atoms with van der Waals surface area (Å²) in [6.07, 6.45) is 4.56. The summed E-state index contributed by atoms with van der Waals surface area (Å²) >= 11 is 0. The van der Waals surface area contributed by atoms with Crippen molar-refractivity contribution in [2.45, 2.75) is 44.2 Å². The lowest BCUT2D eigenvalue weighted by molar-refractivity contribution is -0.137. The van der Waals surface area contributed by atoms with Gasteiger partial charge in [0.25, 0.3) is 0 Å². The summed E-state index contributed by atoms with van der Waals surface area (Å²) in [6.45, 7) is 2.26. The molecule has 0 aromatic heterocycles. The molecule has 0 saturated carbocycles. The number of hydrogen-bond acceptors (Lipinski definition) is 6. The van der Waals surface area contributed by atoms with Gasteiger partial charge in [-0.25, -0.2) is 0 Å².